The van der Waals surface area contributed by atoms with Gasteiger partial charge in [0, 0.05) is 23.1 Å². The van der Waals surface area contributed by atoms with Crippen molar-refractivity contribution in [3.8, 4) is 0 Å². The van der Waals surface area contributed by atoms with Gasteiger partial charge in [-0.2, -0.15) is 0 Å². The van der Waals surface area contributed by atoms with Crippen molar-refractivity contribution in [2.75, 3.05) is 13.1 Å². The Labute approximate surface area is 188 Å². The molecule has 1 aromatic rings. The summed E-state index contributed by atoms with van der Waals surface area (Å²) >= 11 is 12.1. The largest absolute Gasteiger partial charge is 0.444 e. The Kier molecular flexibility index (Phi) is 12.1. The first-order valence-electron chi connectivity index (χ1n) is 8.57. The number of carbonyl (C=O) groups is 1. The first-order valence-corrected chi connectivity index (χ1v) is 9.32. The van der Waals surface area contributed by atoms with E-state index >= 15 is 0 Å². The van der Waals surface area contributed by atoms with Crippen LogP contribution in [0.5, 0.6) is 0 Å². The van der Waals surface area contributed by atoms with Crippen molar-refractivity contribution < 1.29 is 9.53 Å². The molecule has 0 bridgehead atoms. The van der Waals surface area contributed by atoms with Crippen LogP contribution in [0.25, 0.3) is 0 Å². The molecule has 0 aliphatic heterocycles. The summed E-state index contributed by atoms with van der Waals surface area (Å²) < 4.78 is 5.16. The molecule has 1 amide bonds. The van der Waals surface area contributed by atoms with Crippen LogP contribution in [-0.4, -0.2) is 30.7 Å². The highest BCUT2D eigenvalue weighted by atomic mass is 127. The fourth-order valence-corrected chi connectivity index (χ4v) is 2.71. The molecule has 0 heterocycles. The number of aliphatic imine (C=N–C) groups is 1. The normalized spacial score (nSPS) is 12.7. The topological polar surface area (TPSA) is 88.7 Å². The first kappa shape index (κ1) is 26.1. The van der Waals surface area contributed by atoms with Gasteiger partial charge in [-0.1, -0.05) is 29.3 Å². The number of unbranched alkanes of at least 4 members (excludes halogenated alkanes) is 1. The zero-order chi connectivity index (χ0) is 19.7. The highest BCUT2D eigenvalue weighted by Crippen LogP contribution is 2.25. The molecule has 0 saturated carbocycles. The molecule has 1 rings (SSSR count). The van der Waals surface area contributed by atoms with Crippen LogP contribution in [-0.2, 0) is 4.74 Å². The summed E-state index contributed by atoms with van der Waals surface area (Å²) in [5, 5.41) is 6.98. The molecule has 6 nitrogen and oxygen atoms in total. The molecular formula is C18H29Cl2IN4O2. The molecule has 0 aliphatic rings. The number of alkyl carbamates (subject to hydrolysis) is 1. The maximum atomic E-state index is 11.5. The Morgan fingerprint density at radius 1 is 1.30 bits per heavy atom. The summed E-state index contributed by atoms with van der Waals surface area (Å²) in [7, 11) is 0. The lowest BCUT2D eigenvalue weighted by atomic mass is 10.1. The number of benzene rings is 1. The molecule has 154 valence electrons. The van der Waals surface area contributed by atoms with Gasteiger partial charge in [0.25, 0.3) is 0 Å². The third-order valence-corrected chi connectivity index (χ3v) is 3.89. The minimum Gasteiger partial charge on any atom is -0.444 e. The van der Waals surface area contributed by atoms with E-state index in [-0.39, 0.29) is 30.0 Å². The van der Waals surface area contributed by atoms with Gasteiger partial charge in [0.1, 0.15) is 5.60 Å². The lowest BCUT2D eigenvalue weighted by molar-refractivity contribution is 0.0527. The smallest absolute Gasteiger partial charge is 0.407 e. The SMILES string of the molecule is CC(NC(N)=NCCCCNC(=O)OC(C)(C)C)c1ccc(Cl)cc1Cl.I. The van der Waals surface area contributed by atoms with Crippen LogP contribution in [0.1, 0.15) is 52.1 Å². The fraction of sp³-hybridized carbons (Fsp3) is 0.556. The van der Waals surface area contributed by atoms with Gasteiger partial charge in [-0.3, -0.25) is 4.99 Å². The number of rotatable bonds is 7. The second-order valence-corrected chi connectivity index (χ2v) is 7.78. The van der Waals surface area contributed by atoms with Crippen molar-refractivity contribution in [3.63, 3.8) is 0 Å². The van der Waals surface area contributed by atoms with Crippen molar-refractivity contribution in [2.24, 2.45) is 10.7 Å². The molecule has 0 fully saturated rings. The number of nitrogens with zero attached hydrogens (tertiary/aromatic N) is 1. The summed E-state index contributed by atoms with van der Waals surface area (Å²) in [5.74, 6) is 0.351. The van der Waals surface area contributed by atoms with Gasteiger partial charge in [-0.05, 0) is 58.2 Å². The zero-order valence-corrected chi connectivity index (χ0v) is 20.0. The Morgan fingerprint density at radius 3 is 2.56 bits per heavy atom. The van der Waals surface area contributed by atoms with Crippen LogP contribution in [0.3, 0.4) is 0 Å². The van der Waals surface area contributed by atoms with E-state index in [1.807, 2.05) is 33.8 Å². The number of guanidine groups is 1. The van der Waals surface area contributed by atoms with Gasteiger partial charge in [0.15, 0.2) is 5.96 Å². The average molecular weight is 531 g/mol. The van der Waals surface area contributed by atoms with Gasteiger partial charge in [-0.15, -0.1) is 24.0 Å². The monoisotopic (exact) mass is 530 g/mol. The number of carbonyl (C=O) groups excluding carboxylic acids is 1. The van der Waals surface area contributed by atoms with E-state index in [4.69, 9.17) is 33.7 Å². The fourth-order valence-electron chi connectivity index (χ4n) is 2.14. The second-order valence-electron chi connectivity index (χ2n) is 6.93. The van der Waals surface area contributed by atoms with Gasteiger partial charge in [-0.25, -0.2) is 4.79 Å². The van der Waals surface area contributed by atoms with Gasteiger partial charge >= 0.3 is 6.09 Å². The van der Waals surface area contributed by atoms with E-state index in [1.165, 1.54) is 0 Å². The minimum atomic E-state index is -0.488. The highest BCUT2D eigenvalue weighted by molar-refractivity contribution is 14.0. The van der Waals surface area contributed by atoms with Crippen LogP contribution in [0.15, 0.2) is 23.2 Å². The Morgan fingerprint density at radius 2 is 1.96 bits per heavy atom. The van der Waals surface area contributed by atoms with Crippen LogP contribution >= 0.6 is 47.2 Å². The number of nitrogens with one attached hydrogen (secondary N) is 2. The van der Waals surface area contributed by atoms with E-state index in [9.17, 15) is 4.79 Å². The lowest BCUT2D eigenvalue weighted by Crippen LogP contribution is -2.34. The zero-order valence-electron chi connectivity index (χ0n) is 16.1. The van der Waals surface area contributed by atoms with E-state index < -0.39 is 11.7 Å². The number of amides is 1. The number of hydrogen-bond donors (Lipinski definition) is 3. The minimum absolute atomic E-state index is 0. The average Bonchev–Trinajstić information content (AvgIpc) is 2.48. The Bertz CT molecular complexity index is 636. The molecule has 1 atom stereocenters. The first-order chi connectivity index (χ1) is 12.1. The second kappa shape index (κ2) is 12.5. The van der Waals surface area contributed by atoms with Gasteiger partial charge in [0.2, 0.25) is 0 Å². The molecule has 0 spiro atoms. The van der Waals surface area contributed by atoms with Gasteiger partial charge in [0.05, 0.1) is 6.04 Å². The Hall–Kier alpha value is -0.930. The van der Waals surface area contributed by atoms with E-state index in [0.717, 1.165) is 18.4 Å². The molecule has 1 aromatic carbocycles. The van der Waals surface area contributed by atoms with Crippen molar-refractivity contribution in [1.29, 1.82) is 0 Å². The number of ether oxygens (including phenoxy) is 1. The molecule has 9 heteroatoms. The van der Waals surface area contributed by atoms with E-state index in [0.29, 0.717) is 29.1 Å². The van der Waals surface area contributed by atoms with E-state index in [2.05, 4.69) is 15.6 Å². The maximum Gasteiger partial charge on any atom is 0.407 e. The maximum absolute atomic E-state index is 11.5. The summed E-state index contributed by atoms with van der Waals surface area (Å²) in [5.41, 5.74) is 6.32. The number of halogens is 3. The lowest BCUT2D eigenvalue weighted by Gasteiger charge is -2.19. The molecule has 4 N–H and O–H groups in total. The summed E-state index contributed by atoms with van der Waals surface area (Å²) in [4.78, 5) is 15.8. The quantitative estimate of drug-likeness (QED) is 0.203. The summed E-state index contributed by atoms with van der Waals surface area (Å²) in [6, 6.07) is 5.25. The van der Waals surface area contributed by atoms with Crippen LogP contribution in [0, 0.1) is 0 Å². The Balaban J connectivity index is 0.00000676. The van der Waals surface area contributed by atoms with Crippen LogP contribution in [0.4, 0.5) is 4.79 Å². The molecule has 0 saturated heterocycles. The van der Waals surface area contributed by atoms with Crippen LogP contribution in [0.2, 0.25) is 10.0 Å². The standard InChI is InChI=1S/C18H28Cl2N4O2.HI/c1-12(14-8-7-13(19)11-15(14)20)24-16(21)22-9-5-6-10-23-17(25)26-18(2,3)4;/h7-8,11-12H,5-6,9-10H2,1-4H3,(H,23,25)(H3,21,22,24);1H. The van der Waals surface area contributed by atoms with Crippen LogP contribution < -0.4 is 16.4 Å². The molecule has 1 unspecified atom stereocenters. The summed E-state index contributed by atoms with van der Waals surface area (Å²) in [6.45, 7) is 8.53. The van der Waals surface area contributed by atoms with Gasteiger partial charge < -0.3 is 21.1 Å². The molecule has 27 heavy (non-hydrogen) atoms. The number of nitrogens with two attached hydrogens (primary N) is 1. The van der Waals surface area contributed by atoms with Crippen molar-refractivity contribution >= 4 is 59.2 Å². The van der Waals surface area contributed by atoms with Crippen molar-refractivity contribution in [1.82, 2.24) is 10.6 Å². The third-order valence-electron chi connectivity index (χ3n) is 3.33. The number of hydrogen-bond acceptors (Lipinski definition) is 3. The third kappa shape index (κ3) is 11.5. The molecule has 0 radical (unpaired) electrons. The predicted molar refractivity (Wildman–Crippen MR) is 123 cm³/mol. The molecule has 0 aromatic heterocycles. The predicted octanol–water partition coefficient (Wildman–Crippen LogP) is 4.88. The molecule has 0 aliphatic carbocycles. The van der Waals surface area contributed by atoms with Crippen molar-refractivity contribution in [3.05, 3.63) is 33.8 Å². The molecular weight excluding hydrogens is 502 g/mol. The van der Waals surface area contributed by atoms with Crippen molar-refractivity contribution in [2.45, 2.75) is 52.2 Å². The highest BCUT2D eigenvalue weighted by Gasteiger charge is 2.15. The summed E-state index contributed by atoms with van der Waals surface area (Å²) in [6.07, 6.45) is 1.18. The van der Waals surface area contributed by atoms with E-state index in [1.54, 1.807) is 12.1 Å².